The van der Waals surface area contributed by atoms with E-state index in [1.165, 1.54) is 0 Å². The number of nitrogens with zero attached hydrogens (tertiary/aromatic N) is 1. The molecule has 0 spiro atoms. The Morgan fingerprint density at radius 1 is 0.929 bits per heavy atom. The van der Waals surface area contributed by atoms with Crippen molar-refractivity contribution in [3.63, 3.8) is 0 Å². The van der Waals surface area contributed by atoms with Gasteiger partial charge in [0.25, 0.3) is 0 Å². The van der Waals surface area contributed by atoms with Gasteiger partial charge >= 0.3 is 13.1 Å². The molecular weight excluding hydrogens is 349 g/mol. The molecule has 0 saturated carbocycles. The van der Waals surface area contributed by atoms with E-state index >= 15 is 0 Å². The summed E-state index contributed by atoms with van der Waals surface area (Å²) in [6.45, 7) is 2.05. The van der Waals surface area contributed by atoms with E-state index in [1.807, 2.05) is 85.9 Å². The van der Waals surface area contributed by atoms with Gasteiger partial charge in [-0.15, -0.1) is 0 Å². The fourth-order valence-corrected chi connectivity index (χ4v) is 3.21. The highest BCUT2D eigenvalue weighted by atomic mass is 16.7. The Kier molecular flexibility index (Phi) is 5.35. The first-order valence-electron chi connectivity index (χ1n) is 9.30. The van der Waals surface area contributed by atoms with Crippen LogP contribution in [0.3, 0.4) is 0 Å². The second-order valence-corrected chi connectivity index (χ2v) is 6.69. The van der Waals surface area contributed by atoms with Gasteiger partial charge < -0.3 is 9.31 Å². The molecule has 1 aliphatic rings. The van der Waals surface area contributed by atoms with Crippen LogP contribution in [-0.4, -0.2) is 19.3 Å². The van der Waals surface area contributed by atoms with Gasteiger partial charge in [0, 0.05) is 11.7 Å². The van der Waals surface area contributed by atoms with Gasteiger partial charge in [0.15, 0.2) is 6.10 Å². The maximum atomic E-state index is 12.3. The molecule has 138 valence electrons. The third-order valence-corrected chi connectivity index (χ3v) is 4.77. The van der Waals surface area contributed by atoms with Crippen molar-refractivity contribution in [3.8, 4) is 0 Å². The van der Waals surface area contributed by atoms with Gasteiger partial charge in [-0.1, -0.05) is 84.9 Å². The summed E-state index contributed by atoms with van der Waals surface area (Å²) in [6.07, 6.45) is 1.11. The van der Waals surface area contributed by atoms with Crippen LogP contribution >= 0.6 is 0 Å². The molecular formula is C23H20BNO3. The van der Waals surface area contributed by atoms with Crippen LogP contribution < -0.4 is 5.46 Å². The number of carbonyl (C=O) groups is 1. The van der Waals surface area contributed by atoms with Gasteiger partial charge in [0.1, 0.15) is 0 Å². The Balaban J connectivity index is 1.55. The Morgan fingerprint density at radius 2 is 1.57 bits per heavy atom. The zero-order chi connectivity index (χ0) is 19.3. The minimum Gasteiger partial charge on any atom is -0.504 e. The smallest absolute Gasteiger partial charge is 0.504 e. The van der Waals surface area contributed by atoms with Crippen LogP contribution in [0.25, 0.3) is 0 Å². The predicted octanol–water partition coefficient (Wildman–Crippen LogP) is 3.88. The normalized spacial score (nSPS) is 17.7. The van der Waals surface area contributed by atoms with Crippen LogP contribution in [0.2, 0.25) is 0 Å². The topological polar surface area (TPSA) is 47.9 Å². The molecule has 2 atom stereocenters. The summed E-state index contributed by atoms with van der Waals surface area (Å²) in [5, 5.41) is 0. The lowest BCUT2D eigenvalue weighted by Crippen LogP contribution is -2.35. The monoisotopic (exact) mass is 369 g/mol. The average molecular weight is 369 g/mol. The number of carbonyl (C=O) groups excluding carboxylic acids is 1. The molecule has 0 radical (unpaired) electrons. The van der Waals surface area contributed by atoms with Crippen molar-refractivity contribution < 1.29 is 14.1 Å². The summed E-state index contributed by atoms with van der Waals surface area (Å²) in [6, 6.07) is 27.2. The molecule has 1 aliphatic heterocycles. The third kappa shape index (κ3) is 3.90. The standard InChI is InChI=1S/C23H20BNO3/c1-17(18-10-4-2-5-11-18)25-16-20-14-8-9-15-21(20)24-27-22(23(26)28-24)19-12-6-3-7-13-19/h2-17,22H,1H3/t17-,22-/m0/s1. The highest BCUT2D eigenvalue weighted by Crippen LogP contribution is 2.26. The summed E-state index contributed by atoms with van der Waals surface area (Å²) in [5.41, 5.74) is 3.60. The van der Waals surface area contributed by atoms with E-state index in [4.69, 9.17) is 9.31 Å². The van der Waals surface area contributed by atoms with E-state index in [2.05, 4.69) is 17.1 Å². The average Bonchev–Trinajstić information content (AvgIpc) is 3.15. The zero-order valence-electron chi connectivity index (χ0n) is 15.6. The second kappa shape index (κ2) is 8.23. The molecule has 0 bridgehead atoms. The Labute approximate surface area is 165 Å². The van der Waals surface area contributed by atoms with Gasteiger partial charge in [-0.2, -0.15) is 0 Å². The lowest BCUT2D eigenvalue weighted by molar-refractivity contribution is -0.136. The lowest BCUT2D eigenvalue weighted by atomic mass is 9.76. The summed E-state index contributed by atoms with van der Waals surface area (Å²) in [4.78, 5) is 17.0. The molecule has 3 aromatic rings. The number of rotatable bonds is 5. The van der Waals surface area contributed by atoms with Crippen LogP contribution in [0.15, 0.2) is 89.9 Å². The van der Waals surface area contributed by atoms with Gasteiger partial charge in [-0.05, 0) is 23.6 Å². The molecule has 4 rings (SSSR count). The molecule has 1 saturated heterocycles. The maximum Gasteiger partial charge on any atom is 0.566 e. The highest BCUT2D eigenvalue weighted by Gasteiger charge is 2.42. The van der Waals surface area contributed by atoms with E-state index in [9.17, 15) is 4.79 Å². The number of hydrogen-bond donors (Lipinski definition) is 0. The highest BCUT2D eigenvalue weighted by molar-refractivity contribution is 6.65. The first kappa shape index (κ1) is 18.2. The van der Waals surface area contributed by atoms with Crippen LogP contribution in [0.5, 0.6) is 0 Å². The Hall–Kier alpha value is -3.18. The van der Waals surface area contributed by atoms with Crippen molar-refractivity contribution in [2.24, 2.45) is 4.99 Å². The Morgan fingerprint density at radius 3 is 2.32 bits per heavy atom. The fraction of sp³-hybridized carbons (Fsp3) is 0.130. The molecule has 5 heteroatoms. The first-order chi connectivity index (χ1) is 13.7. The van der Waals surface area contributed by atoms with Crippen LogP contribution in [0.1, 0.15) is 35.8 Å². The largest absolute Gasteiger partial charge is 0.566 e. The number of benzene rings is 3. The summed E-state index contributed by atoms with van der Waals surface area (Å²) in [7, 11) is -0.743. The quantitative estimate of drug-likeness (QED) is 0.507. The van der Waals surface area contributed by atoms with E-state index in [1.54, 1.807) is 0 Å². The van der Waals surface area contributed by atoms with Gasteiger partial charge in [0.05, 0.1) is 6.04 Å². The molecule has 0 amide bonds. The molecule has 1 fully saturated rings. The fourth-order valence-electron chi connectivity index (χ4n) is 3.21. The minimum absolute atomic E-state index is 0.0263. The van der Waals surface area contributed by atoms with Crippen LogP contribution in [-0.2, 0) is 14.1 Å². The van der Waals surface area contributed by atoms with Crippen molar-refractivity contribution in [1.29, 1.82) is 0 Å². The zero-order valence-corrected chi connectivity index (χ0v) is 15.6. The second-order valence-electron chi connectivity index (χ2n) is 6.69. The third-order valence-electron chi connectivity index (χ3n) is 4.77. The molecule has 3 aromatic carbocycles. The number of aliphatic imine (C=N–C) groups is 1. The molecule has 0 unspecified atom stereocenters. The Bertz CT molecular complexity index is 975. The van der Waals surface area contributed by atoms with Gasteiger partial charge in [0.2, 0.25) is 0 Å². The molecule has 4 nitrogen and oxygen atoms in total. The molecule has 0 N–H and O–H groups in total. The van der Waals surface area contributed by atoms with Crippen molar-refractivity contribution >= 4 is 24.8 Å². The lowest BCUT2D eigenvalue weighted by Gasteiger charge is -2.10. The van der Waals surface area contributed by atoms with E-state index < -0.39 is 13.2 Å². The molecule has 1 heterocycles. The van der Waals surface area contributed by atoms with Crippen LogP contribution in [0.4, 0.5) is 0 Å². The summed E-state index contributed by atoms with van der Waals surface area (Å²) < 4.78 is 11.5. The molecule has 0 aromatic heterocycles. The molecule has 28 heavy (non-hydrogen) atoms. The van der Waals surface area contributed by atoms with Crippen LogP contribution in [0, 0.1) is 0 Å². The summed E-state index contributed by atoms with van der Waals surface area (Å²) >= 11 is 0. The van der Waals surface area contributed by atoms with E-state index in [0.29, 0.717) is 0 Å². The number of hydrogen-bond acceptors (Lipinski definition) is 4. The SMILES string of the molecule is C[C@H](N=Cc1ccccc1B1OC(=O)[C@H](c2ccccc2)O1)c1ccccc1. The van der Waals surface area contributed by atoms with E-state index in [-0.39, 0.29) is 12.0 Å². The predicted molar refractivity (Wildman–Crippen MR) is 111 cm³/mol. The maximum absolute atomic E-state index is 12.3. The first-order valence-corrected chi connectivity index (χ1v) is 9.30. The minimum atomic E-state index is -0.743. The van der Waals surface area contributed by atoms with Crippen molar-refractivity contribution in [2.45, 2.75) is 19.1 Å². The van der Waals surface area contributed by atoms with Gasteiger partial charge in [-0.3, -0.25) is 9.79 Å². The van der Waals surface area contributed by atoms with E-state index in [0.717, 1.165) is 22.2 Å². The van der Waals surface area contributed by atoms with Crippen molar-refractivity contribution in [1.82, 2.24) is 0 Å². The summed E-state index contributed by atoms with van der Waals surface area (Å²) in [5.74, 6) is -0.374. The van der Waals surface area contributed by atoms with Crippen molar-refractivity contribution in [2.75, 3.05) is 0 Å². The van der Waals surface area contributed by atoms with Gasteiger partial charge in [-0.25, -0.2) is 0 Å². The molecule has 0 aliphatic carbocycles. The van der Waals surface area contributed by atoms with Crippen molar-refractivity contribution in [3.05, 3.63) is 102 Å².